The van der Waals surface area contributed by atoms with Gasteiger partial charge in [0, 0.05) is 31.0 Å². The highest BCUT2D eigenvalue weighted by Gasteiger charge is 2.47. The van der Waals surface area contributed by atoms with Crippen LogP contribution in [-0.2, 0) is 15.8 Å². The van der Waals surface area contributed by atoms with Crippen LogP contribution in [0.1, 0.15) is 28.3 Å². The van der Waals surface area contributed by atoms with Crippen LogP contribution in [-0.4, -0.2) is 30.9 Å². The predicted octanol–water partition coefficient (Wildman–Crippen LogP) is 5.71. The Morgan fingerprint density at radius 2 is 1.46 bits per heavy atom. The minimum atomic E-state index is -4.54. The fraction of sp³-hybridized carbons (Fsp3) is 0.185. The van der Waals surface area contributed by atoms with Crippen molar-refractivity contribution >= 4 is 28.8 Å². The van der Waals surface area contributed by atoms with Crippen LogP contribution in [0.25, 0.3) is 5.76 Å². The summed E-state index contributed by atoms with van der Waals surface area (Å²) in [6.45, 7) is 1.87. The van der Waals surface area contributed by atoms with Gasteiger partial charge in [0.25, 0.3) is 11.7 Å². The average molecular weight is 480 g/mol. The lowest BCUT2D eigenvalue weighted by molar-refractivity contribution is -0.137. The first kappa shape index (κ1) is 24.1. The SMILES string of the molecule is Cc1ccc(/C(O)=C2\C(=O)C(=O)N(c3ccc(C(F)(F)F)cc3)C2c2ccc(N(C)C)cc2)cc1. The highest BCUT2D eigenvalue weighted by molar-refractivity contribution is 6.51. The smallest absolute Gasteiger partial charge is 0.416 e. The number of alkyl halides is 3. The fourth-order valence-corrected chi connectivity index (χ4v) is 4.05. The van der Waals surface area contributed by atoms with E-state index >= 15 is 0 Å². The summed E-state index contributed by atoms with van der Waals surface area (Å²) in [4.78, 5) is 29.3. The molecule has 1 atom stereocenters. The second-order valence-corrected chi connectivity index (χ2v) is 8.57. The fourth-order valence-electron chi connectivity index (χ4n) is 4.05. The zero-order chi connectivity index (χ0) is 25.5. The van der Waals surface area contributed by atoms with Crippen LogP contribution in [0.4, 0.5) is 24.5 Å². The number of ketones is 1. The Bertz CT molecular complexity index is 1290. The van der Waals surface area contributed by atoms with Crippen LogP contribution >= 0.6 is 0 Å². The van der Waals surface area contributed by atoms with E-state index in [4.69, 9.17) is 0 Å². The lowest BCUT2D eigenvalue weighted by atomic mass is 9.94. The standard InChI is InChI=1S/C27H23F3N2O3/c1-16-4-6-18(7-5-16)24(33)22-23(17-8-12-20(13-9-17)31(2)3)32(26(35)25(22)34)21-14-10-19(11-15-21)27(28,29)30/h4-15,23,33H,1-3H3/b24-22+. The van der Waals surface area contributed by atoms with Crippen LogP contribution in [0.3, 0.4) is 0 Å². The second kappa shape index (κ2) is 8.94. The van der Waals surface area contributed by atoms with Gasteiger partial charge in [-0.1, -0.05) is 42.0 Å². The van der Waals surface area contributed by atoms with Gasteiger partial charge in [-0.05, 0) is 48.9 Å². The van der Waals surface area contributed by atoms with Gasteiger partial charge in [0.1, 0.15) is 5.76 Å². The maximum absolute atomic E-state index is 13.2. The topological polar surface area (TPSA) is 60.9 Å². The van der Waals surface area contributed by atoms with Gasteiger partial charge in [-0.15, -0.1) is 0 Å². The first-order valence-electron chi connectivity index (χ1n) is 10.8. The van der Waals surface area contributed by atoms with Crippen LogP contribution in [0.5, 0.6) is 0 Å². The van der Waals surface area contributed by atoms with Gasteiger partial charge < -0.3 is 10.0 Å². The molecule has 1 unspecified atom stereocenters. The summed E-state index contributed by atoms with van der Waals surface area (Å²) in [5.74, 6) is -2.19. The minimum Gasteiger partial charge on any atom is -0.507 e. The molecular formula is C27H23F3N2O3. The zero-order valence-electron chi connectivity index (χ0n) is 19.3. The first-order chi connectivity index (χ1) is 16.5. The van der Waals surface area contributed by atoms with Gasteiger partial charge >= 0.3 is 6.18 Å². The Kier molecular flexibility index (Phi) is 6.15. The molecule has 0 aliphatic carbocycles. The average Bonchev–Trinajstić information content (AvgIpc) is 3.09. The molecule has 8 heteroatoms. The monoisotopic (exact) mass is 480 g/mol. The third-order valence-electron chi connectivity index (χ3n) is 5.97. The number of aryl methyl sites for hydroxylation is 1. The molecular weight excluding hydrogens is 457 g/mol. The number of rotatable bonds is 4. The molecule has 1 saturated heterocycles. The Morgan fingerprint density at radius 1 is 0.886 bits per heavy atom. The van der Waals surface area contributed by atoms with Crippen molar-refractivity contribution in [2.75, 3.05) is 23.9 Å². The number of Topliss-reactive ketones (excluding diaryl/α,β-unsaturated/α-hetero) is 1. The summed E-state index contributed by atoms with van der Waals surface area (Å²) in [7, 11) is 3.72. The molecule has 1 fully saturated rings. The number of benzene rings is 3. The highest BCUT2D eigenvalue weighted by Crippen LogP contribution is 2.43. The van der Waals surface area contributed by atoms with Crippen molar-refractivity contribution in [1.82, 2.24) is 0 Å². The van der Waals surface area contributed by atoms with E-state index in [1.807, 2.05) is 25.9 Å². The molecule has 35 heavy (non-hydrogen) atoms. The van der Waals surface area contributed by atoms with Gasteiger partial charge in [0.05, 0.1) is 17.2 Å². The first-order valence-corrected chi connectivity index (χ1v) is 10.8. The molecule has 0 saturated carbocycles. The van der Waals surface area contributed by atoms with Crippen LogP contribution in [0, 0.1) is 6.92 Å². The predicted molar refractivity (Wildman–Crippen MR) is 128 cm³/mol. The van der Waals surface area contributed by atoms with Gasteiger partial charge in [-0.3, -0.25) is 14.5 Å². The number of hydrogen-bond acceptors (Lipinski definition) is 4. The summed E-state index contributed by atoms with van der Waals surface area (Å²) in [6, 6.07) is 16.9. The van der Waals surface area contributed by atoms with E-state index in [9.17, 15) is 27.9 Å². The molecule has 0 spiro atoms. The van der Waals surface area contributed by atoms with Crippen LogP contribution < -0.4 is 9.80 Å². The molecule has 1 aliphatic rings. The molecule has 1 amide bonds. The third kappa shape index (κ3) is 4.51. The molecule has 3 aromatic rings. The molecule has 1 heterocycles. The Balaban J connectivity index is 1.89. The van der Waals surface area contributed by atoms with Gasteiger partial charge in [-0.25, -0.2) is 0 Å². The van der Waals surface area contributed by atoms with Gasteiger partial charge in [0.15, 0.2) is 0 Å². The number of aliphatic hydroxyl groups excluding tert-OH is 1. The zero-order valence-corrected chi connectivity index (χ0v) is 19.3. The maximum Gasteiger partial charge on any atom is 0.416 e. The van der Waals surface area contributed by atoms with E-state index in [2.05, 4.69) is 0 Å². The van der Waals surface area contributed by atoms with Crippen molar-refractivity contribution in [3.05, 3.63) is 101 Å². The molecule has 0 aromatic heterocycles. The van der Waals surface area contributed by atoms with Crippen molar-refractivity contribution in [3.63, 3.8) is 0 Å². The number of aliphatic hydroxyl groups is 1. The normalized spacial score (nSPS) is 17.7. The number of anilines is 2. The summed E-state index contributed by atoms with van der Waals surface area (Å²) >= 11 is 0. The van der Waals surface area contributed by atoms with Crippen molar-refractivity contribution < 1.29 is 27.9 Å². The lowest BCUT2D eigenvalue weighted by Crippen LogP contribution is -2.29. The third-order valence-corrected chi connectivity index (χ3v) is 5.97. The number of hydrogen-bond donors (Lipinski definition) is 1. The second-order valence-electron chi connectivity index (χ2n) is 8.57. The molecule has 3 aromatic carbocycles. The number of halogens is 3. The molecule has 0 radical (unpaired) electrons. The number of carbonyl (C=O) groups is 2. The van der Waals surface area contributed by atoms with Crippen LogP contribution in [0.15, 0.2) is 78.4 Å². The van der Waals surface area contributed by atoms with Gasteiger partial charge in [0.2, 0.25) is 0 Å². The summed E-state index contributed by atoms with van der Waals surface area (Å²) < 4.78 is 39.3. The van der Waals surface area contributed by atoms with Crippen molar-refractivity contribution in [3.8, 4) is 0 Å². The van der Waals surface area contributed by atoms with E-state index in [0.29, 0.717) is 11.1 Å². The van der Waals surface area contributed by atoms with E-state index in [1.54, 1.807) is 48.5 Å². The Labute approximate surface area is 200 Å². The Hall–Kier alpha value is -4.07. The molecule has 180 valence electrons. The summed E-state index contributed by atoms with van der Waals surface area (Å²) in [5, 5.41) is 11.1. The van der Waals surface area contributed by atoms with E-state index in [-0.39, 0.29) is 17.0 Å². The molecule has 5 nitrogen and oxygen atoms in total. The molecule has 0 bridgehead atoms. The van der Waals surface area contributed by atoms with Crippen molar-refractivity contribution in [2.45, 2.75) is 19.1 Å². The largest absolute Gasteiger partial charge is 0.507 e. The van der Waals surface area contributed by atoms with E-state index in [1.165, 1.54) is 0 Å². The number of amides is 1. The molecule has 1 aliphatic heterocycles. The number of nitrogens with zero attached hydrogens (tertiary/aromatic N) is 2. The molecule has 1 N–H and O–H groups in total. The van der Waals surface area contributed by atoms with Crippen LogP contribution in [0.2, 0.25) is 0 Å². The highest BCUT2D eigenvalue weighted by atomic mass is 19.4. The number of carbonyl (C=O) groups excluding carboxylic acids is 2. The Morgan fingerprint density at radius 3 is 1.97 bits per heavy atom. The summed E-state index contributed by atoms with van der Waals surface area (Å²) in [5.41, 5.74) is 1.83. The maximum atomic E-state index is 13.2. The van der Waals surface area contributed by atoms with Gasteiger partial charge in [-0.2, -0.15) is 13.2 Å². The van der Waals surface area contributed by atoms with Crippen molar-refractivity contribution in [2.24, 2.45) is 0 Å². The van der Waals surface area contributed by atoms with Crippen molar-refractivity contribution in [1.29, 1.82) is 0 Å². The lowest BCUT2D eigenvalue weighted by Gasteiger charge is -2.26. The quantitative estimate of drug-likeness (QED) is 0.295. The molecule has 4 rings (SSSR count). The summed E-state index contributed by atoms with van der Waals surface area (Å²) in [6.07, 6.45) is -4.54. The minimum absolute atomic E-state index is 0.116. The van der Waals surface area contributed by atoms with E-state index in [0.717, 1.165) is 40.4 Å². The van der Waals surface area contributed by atoms with E-state index < -0.39 is 29.5 Å².